The minimum atomic E-state index is -0.546. The highest BCUT2D eigenvalue weighted by Crippen LogP contribution is 2.46. The number of benzene rings is 3. The van der Waals surface area contributed by atoms with Crippen molar-refractivity contribution >= 4 is 39.9 Å². The molecule has 0 radical (unpaired) electrons. The Morgan fingerprint density at radius 1 is 1.06 bits per heavy atom. The van der Waals surface area contributed by atoms with Gasteiger partial charge in [-0.3, -0.25) is 9.59 Å². The normalized spacial score (nSPS) is 14.4. The molecule has 176 valence electrons. The molecule has 2 aliphatic rings. The van der Waals surface area contributed by atoms with Crippen molar-refractivity contribution in [3.05, 3.63) is 82.8 Å². The van der Waals surface area contributed by atoms with Gasteiger partial charge >= 0.3 is 0 Å². The number of hydrogen-bond acceptors (Lipinski definition) is 5. The number of hydrogen-bond donors (Lipinski definition) is 2. The fourth-order valence-corrected chi connectivity index (χ4v) is 5.27. The van der Waals surface area contributed by atoms with E-state index in [1.54, 1.807) is 30.6 Å². The third-order valence-electron chi connectivity index (χ3n) is 6.73. The summed E-state index contributed by atoms with van der Waals surface area (Å²) in [4.78, 5) is 26.7. The zero-order valence-corrected chi connectivity index (χ0v) is 19.5. The molecule has 36 heavy (non-hydrogen) atoms. The lowest BCUT2D eigenvalue weighted by Gasteiger charge is -2.12. The molecule has 10 heteroatoms. The number of nitrogens with two attached hydrogens (primary N) is 1. The predicted octanol–water partition coefficient (Wildman–Crippen LogP) is 4.47. The van der Waals surface area contributed by atoms with Crippen molar-refractivity contribution in [3.8, 4) is 22.6 Å². The summed E-state index contributed by atoms with van der Waals surface area (Å²) in [5.41, 5.74) is 11.0. The van der Waals surface area contributed by atoms with E-state index in [9.17, 15) is 9.59 Å². The molecule has 0 atom stereocenters. The molecule has 1 saturated carbocycles. The first-order chi connectivity index (χ1) is 17.5. The molecule has 3 N–H and O–H groups in total. The smallest absolute Gasteiger partial charge is 0.256 e. The number of rotatable bonds is 5. The van der Waals surface area contributed by atoms with Gasteiger partial charge in [0.2, 0.25) is 0 Å². The number of anilines is 1. The van der Waals surface area contributed by atoms with E-state index in [0.717, 1.165) is 40.7 Å². The summed E-state index contributed by atoms with van der Waals surface area (Å²) in [6.07, 6.45) is 5.02. The summed E-state index contributed by atoms with van der Waals surface area (Å²) in [6, 6.07) is 14.8. The Labute approximate surface area is 209 Å². The number of carbonyl (C=O) groups is 2. The Morgan fingerprint density at radius 3 is 2.56 bits per heavy atom. The fraction of sp³-hybridized carbons (Fsp3) is 0.115. The van der Waals surface area contributed by atoms with E-state index >= 15 is 0 Å². The van der Waals surface area contributed by atoms with Gasteiger partial charge in [0.15, 0.2) is 0 Å². The first-order valence-corrected chi connectivity index (χ1v) is 11.9. The van der Waals surface area contributed by atoms with Gasteiger partial charge < -0.3 is 11.1 Å². The lowest BCUT2D eigenvalue weighted by molar-refractivity contribution is 0.0997. The summed E-state index contributed by atoms with van der Waals surface area (Å²) in [5.74, 6) is -0.509. The summed E-state index contributed by atoms with van der Waals surface area (Å²) in [7, 11) is 0. The molecule has 0 unspecified atom stereocenters. The number of halogens is 1. The average Bonchev–Trinajstić information content (AvgIpc) is 3.26. The minimum absolute atomic E-state index is 0.129. The SMILES string of the molecule is NC(=O)c1c(-c2ccc(-n3nccn3)c(Cl)c2)nn(-c2ccc3c4c(cccc24)C(=O)N3)c1C1CC1. The molecule has 1 aliphatic carbocycles. The molecule has 1 fully saturated rings. The maximum atomic E-state index is 12.8. The number of aromatic nitrogens is 5. The van der Waals surface area contributed by atoms with Gasteiger partial charge in [-0.05, 0) is 43.2 Å². The molecule has 7 rings (SSSR count). The van der Waals surface area contributed by atoms with Crippen LogP contribution in [0.2, 0.25) is 5.02 Å². The van der Waals surface area contributed by atoms with Crippen LogP contribution in [-0.4, -0.2) is 36.6 Å². The van der Waals surface area contributed by atoms with Gasteiger partial charge in [0.25, 0.3) is 11.8 Å². The Bertz CT molecular complexity index is 1740. The van der Waals surface area contributed by atoms with E-state index in [-0.39, 0.29) is 11.8 Å². The van der Waals surface area contributed by atoms with E-state index in [4.69, 9.17) is 22.4 Å². The topological polar surface area (TPSA) is 121 Å². The van der Waals surface area contributed by atoms with Crippen molar-refractivity contribution in [1.29, 1.82) is 0 Å². The number of nitrogens with zero attached hydrogens (tertiary/aromatic N) is 5. The summed E-state index contributed by atoms with van der Waals surface area (Å²) in [6.45, 7) is 0. The van der Waals surface area contributed by atoms with Crippen LogP contribution in [-0.2, 0) is 0 Å². The van der Waals surface area contributed by atoms with E-state index < -0.39 is 5.91 Å². The summed E-state index contributed by atoms with van der Waals surface area (Å²) < 4.78 is 1.82. The van der Waals surface area contributed by atoms with E-state index in [1.165, 1.54) is 4.80 Å². The largest absolute Gasteiger partial charge is 0.365 e. The third kappa shape index (κ3) is 2.99. The quantitative estimate of drug-likeness (QED) is 0.372. The highest BCUT2D eigenvalue weighted by molar-refractivity contribution is 6.32. The second-order valence-corrected chi connectivity index (χ2v) is 9.37. The van der Waals surface area contributed by atoms with Gasteiger partial charge in [0, 0.05) is 33.5 Å². The molecule has 1 aliphatic heterocycles. The molecule has 0 saturated heterocycles. The number of nitrogens with one attached hydrogen (secondary N) is 1. The van der Waals surface area contributed by atoms with Crippen LogP contribution in [0.5, 0.6) is 0 Å². The van der Waals surface area contributed by atoms with Crippen molar-refractivity contribution in [2.75, 3.05) is 5.32 Å². The van der Waals surface area contributed by atoms with Gasteiger partial charge in [-0.1, -0.05) is 29.8 Å². The Hall–Kier alpha value is -4.50. The van der Waals surface area contributed by atoms with Gasteiger partial charge in [-0.2, -0.15) is 20.1 Å². The van der Waals surface area contributed by atoms with Crippen molar-refractivity contribution in [1.82, 2.24) is 24.8 Å². The van der Waals surface area contributed by atoms with E-state index in [2.05, 4.69) is 15.5 Å². The van der Waals surface area contributed by atoms with Crippen molar-refractivity contribution in [2.24, 2.45) is 5.73 Å². The molecular weight excluding hydrogens is 478 g/mol. The van der Waals surface area contributed by atoms with Crippen molar-refractivity contribution in [2.45, 2.75) is 18.8 Å². The molecule has 3 heterocycles. The van der Waals surface area contributed by atoms with Crippen LogP contribution in [0, 0.1) is 0 Å². The molecule has 2 amide bonds. The van der Waals surface area contributed by atoms with Gasteiger partial charge in [-0.15, -0.1) is 0 Å². The van der Waals surface area contributed by atoms with E-state index in [1.807, 2.05) is 35.0 Å². The van der Waals surface area contributed by atoms with Crippen LogP contribution < -0.4 is 11.1 Å². The molecule has 0 bridgehead atoms. The number of primary amides is 1. The predicted molar refractivity (Wildman–Crippen MR) is 135 cm³/mol. The fourth-order valence-electron chi connectivity index (χ4n) is 5.01. The zero-order valence-electron chi connectivity index (χ0n) is 18.8. The third-order valence-corrected chi connectivity index (χ3v) is 7.03. The Morgan fingerprint density at radius 2 is 1.83 bits per heavy atom. The van der Waals surface area contributed by atoms with Crippen LogP contribution in [0.25, 0.3) is 33.4 Å². The molecule has 9 nitrogen and oxygen atoms in total. The van der Waals surface area contributed by atoms with Gasteiger partial charge in [0.1, 0.15) is 11.4 Å². The highest BCUT2D eigenvalue weighted by atomic mass is 35.5. The second kappa shape index (κ2) is 7.50. The molecule has 5 aromatic rings. The minimum Gasteiger partial charge on any atom is -0.365 e. The zero-order chi connectivity index (χ0) is 24.6. The Kier molecular flexibility index (Phi) is 4.34. The number of amides is 2. The summed E-state index contributed by atoms with van der Waals surface area (Å²) >= 11 is 6.58. The maximum absolute atomic E-state index is 12.8. The van der Waals surface area contributed by atoms with Crippen molar-refractivity contribution in [3.63, 3.8) is 0 Å². The van der Waals surface area contributed by atoms with Crippen LogP contribution >= 0.6 is 11.6 Å². The lowest BCUT2D eigenvalue weighted by Crippen LogP contribution is -2.14. The first kappa shape index (κ1) is 20.8. The van der Waals surface area contributed by atoms with E-state index in [0.29, 0.717) is 33.1 Å². The highest BCUT2D eigenvalue weighted by Gasteiger charge is 2.36. The number of carbonyl (C=O) groups excluding carboxylic acids is 2. The molecule has 2 aromatic heterocycles. The van der Waals surface area contributed by atoms with Crippen LogP contribution in [0.3, 0.4) is 0 Å². The van der Waals surface area contributed by atoms with Gasteiger partial charge in [0.05, 0.1) is 34.4 Å². The summed E-state index contributed by atoms with van der Waals surface area (Å²) in [5, 5.41) is 18.2. The lowest BCUT2D eigenvalue weighted by atomic mass is 10.0. The standard InChI is InChI=1S/C26H18ClN7O2/c27-17-12-14(6-8-20(17)34-29-10-11-30-34)23-22(25(28)35)24(13-4-5-13)33(32-23)19-9-7-18-21-15(19)2-1-3-16(21)26(36)31-18/h1-3,6-13H,4-5H2,(H2,28,35)(H,31,36). The monoisotopic (exact) mass is 495 g/mol. The molecule has 3 aromatic carbocycles. The molecule has 0 spiro atoms. The second-order valence-electron chi connectivity index (χ2n) is 8.96. The van der Waals surface area contributed by atoms with Gasteiger partial charge in [-0.25, -0.2) is 4.68 Å². The maximum Gasteiger partial charge on any atom is 0.256 e. The van der Waals surface area contributed by atoms with Crippen LogP contribution in [0.15, 0.2) is 60.9 Å². The van der Waals surface area contributed by atoms with Crippen molar-refractivity contribution < 1.29 is 9.59 Å². The average molecular weight is 496 g/mol. The first-order valence-electron chi connectivity index (χ1n) is 11.5. The molecular formula is C26H18ClN7O2. The van der Waals surface area contributed by atoms with Crippen LogP contribution in [0.4, 0.5) is 5.69 Å². The Balaban J connectivity index is 1.47. The van der Waals surface area contributed by atoms with Crippen LogP contribution in [0.1, 0.15) is 45.2 Å².